The van der Waals surface area contributed by atoms with Gasteiger partial charge in [0.1, 0.15) is 5.75 Å². The number of nitrogens with zero attached hydrogens (tertiary/aromatic N) is 1. The standard InChI is InChI=1S/C18H14ClNO3/c1-22-16-8-7-13(9-14(16)19)10-15-18(21)23-17(20-15)11-12-5-3-2-4-6-12/h2-10H,11H2,1H3/b15-10+. The van der Waals surface area contributed by atoms with Crippen molar-refractivity contribution in [1.82, 2.24) is 0 Å². The number of carbonyl (C=O) groups excluding carboxylic acids is 1. The van der Waals surface area contributed by atoms with Crippen molar-refractivity contribution in [1.29, 1.82) is 0 Å². The molecule has 23 heavy (non-hydrogen) atoms. The zero-order chi connectivity index (χ0) is 16.2. The third kappa shape index (κ3) is 3.60. The summed E-state index contributed by atoms with van der Waals surface area (Å²) in [4.78, 5) is 16.2. The summed E-state index contributed by atoms with van der Waals surface area (Å²) in [6.45, 7) is 0. The number of benzene rings is 2. The van der Waals surface area contributed by atoms with E-state index in [9.17, 15) is 4.79 Å². The lowest BCUT2D eigenvalue weighted by Crippen LogP contribution is -2.06. The van der Waals surface area contributed by atoms with E-state index < -0.39 is 5.97 Å². The predicted octanol–water partition coefficient (Wildman–Crippen LogP) is 3.89. The van der Waals surface area contributed by atoms with Crippen LogP contribution >= 0.6 is 11.6 Å². The largest absolute Gasteiger partial charge is 0.495 e. The van der Waals surface area contributed by atoms with Gasteiger partial charge in [-0.1, -0.05) is 48.0 Å². The van der Waals surface area contributed by atoms with Crippen LogP contribution in [-0.4, -0.2) is 19.0 Å². The topological polar surface area (TPSA) is 47.9 Å². The van der Waals surface area contributed by atoms with Gasteiger partial charge >= 0.3 is 5.97 Å². The van der Waals surface area contributed by atoms with Crippen LogP contribution in [0.25, 0.3) is 6.08 Å². The molecule has 1 aliphatic heterocycles. The number of esters is 1. The molecule has 0 saturated carbocycles. The highest BCUT2D eigenvalue weighted by Crippen LogP contribution is 2.26. The Labute approximate surface area is 139 Å². The number of rotatable bonds is 4. The molecule has 0 unspecified atom stereocenters. The van der Waals surface area contributed by atoms with Crippen LogP contribution in [0, 0.1) is 0 Å². The first-order valence-electron chi connectivity index (χ1n) is 7.04. The lowest BCUT2D eigenvalue weighted by molar-refractivity contribution is -0.130. The molecular weight excluding hydrogens is 314 g/mol. The van der Waals surface area contributed by atoms with Crippen molar-refractivity contribution in [2.45, 2.75) is 6.42 Å². The van der Waals surface area contributed by atoms with Crippen LogP contribution in [0.5, 0.6) is 5.75 Å². The van der Waals surface area contributed by atoms with E-state index in [-0.39, 0.29) is 5.70 Å². The van der Waals surface area contributed by atoms with E-state index in [0.717, 1.165) is 11.1 Å². The normalized spacial score (nSPS) is 15.5. The summed E-state index contributed by atoms with van der Waals surface area (Å²) in [6.07, 6.45) is 2.12. The van der Waals surface area contributed by atoms with Crippen molar-refractivity contribution in [2.24, 2.45) is 4.99 Å². The van der Waals surface area contributed by atoms with E-state index in [0.29, 0.717) is 23.1 Å². The summed E-state index contributed by atoms with van der Waals surface area (Å²) in [7, 11) is 1.55. The first kappa shape index (κ1) is 15.3. The molecule has 0 fully saturated rings. The molecule has 0 amide bonds. The SMILES string of the molecule is COc1ccc(/C=C2/N=C(Cc3ccccc3)OC2=O)cc1Cl. The Morgan fingerprint density at radius 3 is 2.70 bits per heavy atom. The molecule has 0 saturated heterocycles. The Morgan fingerprint density at radius 1 is 1.22 bits per heavy atom. The van der Waals surface area contributed by atoms with E-state index >= 15 is 0 Å². The van der Waals surface area contributed by atoms with Gasteiger partial charge in [-0.15, -0.1) is 0 Å². The minimum atomic E-state index is -0.456. The highest BCUT2D eigenvalue weighted by atomic mass is 35.5. The quantitative estimate of drug-likeness (QED) is 0.632. The van der Waals surface area contributed by atoms with Gasteiger partial charge in [0.15, 0.2) is 5.70 Å². The number of aliphatic imine (C=N–C) groups is 1. The lowest BCUT2D eigenvalue weighted by atomic mass is 10.1. The van der Waals surface area contributed by atoms with Crippen molar-refractivity contribution in [3.63, 3.8) is 0 Å². The molecule has 5 heteroatoms. The van der Waals surface area contributed by atoms with Gasteiger partial charge in [0, 0.05) is 6.42 Å². The first-order valence-corrected chi connectivity index (χ1v) is 7.42. The van der Waals surface area contributed by atoms with Crippen molar-refractivity contribution in [2.75, 3.05) is 7.11 Å². The second kappa shape index (κ2) is 6.67. The Bertz CT molecular complexity index is 797. The summed E-state index contributed by atoms with van der Waals surface area (Å²) in [5.74, 6) is 0.519. The number of hydrogen-bond acceptors (Lipinski definition) is 4. The summed E-state index contributed by atoms with van der Waals surface area (Å²) in [5.41, 5.74) is 2.05. The van der Waals surface area contributed by atoms with E-state index in [1.165, 1.54) is 0 Å². The zero-order valence-electron chi connectivity index (χ0n) is 12.5. The minimum Gasteiger partial charge on any atom is -0.495 e. The Kier molecular flexibility index (Phi) is 4.44. The molecule has 116 valence electrons. The number of methoxy groups -OCH3 is 1. The number of ether oxygens (including phenoxy) is 2. The third-order valence-electron chi connectivity index (χ3n) is 3.34. The fourth-order valence-corrected chi connectivity index (χ4v) is 2.50. The van der Waals surface area contributed by atoms with Crippen molar-refractivity contribution in [3.05, 3.63) is 70.4 Å². The monoisotopic (exact) mass is 327 g/mol. The fourth-order valence-electron chi connectivity index (χ4n) is 2.23. The molecular formula is C18H14ClNO3. The van der Waals surface area contributed by atoms with Gasteiger partial charge in [-0.25, -0.2) is 9.79 Å². The molecule has 0 aliphatic carbocycles. The van der Waals surface area contributed by atoms with E-state index in [4.69, 9.17) is 21.1 Å². The number of hydrogen-bond donors (Lipinski definition) is 0. The molecule has 4 nitrogen and oxygen atoms in total. The number of carbonyl (C=O) groups is 1. The third-order valence-corrected chi connectivity index (χ3v) is 3.64. The fraction of sp³-hybridized carbons (Fsp3) is 0.111. The van der Waals surface area contributed by atoms with Crippen molar-refractivity contribution < 1.29 is 14.3 Å². The molecule has 1 aliphatic rings. The Hall–Kier alpha value is -2.59. The maximum atomic E-state index is 11.9. The van der Waals surface area contributed by atoms with Crippen molar-refractivity contribution in [3.8, 4) is 5.75 Å². The van der Waals surface area contributed by atoms with Gasteiger partial charge in [-0.2, -0.15) is 0 Å². The van der Waals surface area contributed by atoms with Crippen LogP contribution < -0.4 is 4.74 Å². The van der Waals surface area contributed by atoms with Crippen LogP contribution in [0.3, 0.4) is 0 Å². The summed E-state index contributed by atoms with van der Waals surface area (Å²) in [6, 6.07) is 15.0. The lowest BCUT2D eigenvalue weighted by Gasteiger charge is -2.03. The van der Waals surface area contributed by atoms with Crippen LogP contribution in [-0.2, 0) is 16.0 Å². The average molecular weight is 328 g/mol. The maximum absolute atomic E-state index is 11.9. The smallest absolute Gasteiger partial charge is 0.363 e. The molecule has 1 heterocycles. The van der Waals surface area contributed by atoms with Crippen molar-refractivity contribution >= 4 is 29.5 Å². The average Bonchev–Trinajstić information content (AvgIpc) is 2.88. The minimum absolute atomic E-state index is 0.261. The molecule has 0 bridgehead atoms. The molecule has 0 N–H and O–H groups in total. The molecule has 2 aromatic carbocycles. The Morgan fingerprint density at radius 2 is 2.00 bits per heavy atom. The van der Waals surface area contributed by atoms with Gasteiger partial charge in [0.2, 0.25) is 5.90 Å². The molecule has 0 atom stereocenters. The zero-order valence-corrected chi connectivity index (χ0v) is 13.2. The second-order valence-corrected chi connectivity index (χ2v) is 5.39. The highest BCUT2D eigenvalue weighted by molar-refractivity contribution is 6.32. The first-order chi connectivity index (χ1) is 11.2. The predicted molar refractivity (Wildman–Crippen MR) is 89.7 cm³/mol. The van der Waals surface area contributed by atoms with E-state index in [1.807, 2.05) is 30.3 Å². The number of halogens is 1. The Balaban J connectivity index is 1.82. The van der Waals surface area contributed by atoms with Gasteiger partial charge in [-0.3, -0.25) is 0 Å². The van der Waals surface area contributed by atoms with Gasteiger partial charge < -0.3 is 9.47 Å². The second-order valence-electron chi connectivity index (χ2n) is 4.98. The summed E-state index contributed by atoms with van der Waals surface area (Å²) < 4.78 is 10.3. The molecule has 0 aromatic heterocycles. The molecule has 2 aromatic rings. The van der Waals surface area contributed by atoms with Crippen LogP contribution in [0.2, 0.25) is 5.02 Å². The van der Waals surface area contributed by atoms with E-state index in [1.54, 1.807) is 31.4 Å². The maximum Gasteiger partial charge on any atom is 0.363 e. The summed E-state index contributed by atoms with van der Waals surface area (Å²) >= 11 is 6.08. The van der Waals surface area contributed by atoms with E-state index in [2.05, 4.69) is 4.99 Å². The van der Waals surface area contributed by atoms with Crippen LogP contribution in [0.1, 0.15) is 11.1 Å². The van der Waals surface area contributed by atoms with Gasteiger partial charge in [-0.05, 0) is 29.3 Å². The highest BCUT2D eigenvalue weighted by Gasteiger charge is 2.23. The number of cyclic esters (lactones) is 1. The van der Waals surface area contributed by atoms with Gasteiger partial charge in [0.25, 0.3) is 0 Å². The molecule has 3 rings (SSSR count). The van der Waals surface area contributed by atoms with Gasteiger partial charge in [0.05, 0.1) is 12.1 Å². The summed E-state index contributed by atoms with van der Waals surface area (Å²) in [5, 5.41) is 0.474. The van der Waals surface area contributed by atoms with Crippen LogP contribution in [0.15, 0.2) is 59.2 Å². The molecule has 0 spiro atoms. The van der Waals surface area contributed by atoms with Crippen LogP contribution in [0.4, 0.5) is 0 Å². The molecule has 0 radical (unpaired) electrons.